The average Bonchev–Trinajstić information content (AvgIpc) is 2.38. The maximum absolute atomic E-state index is 13.6. The summed E-state index contributed by atoms with van der Waals surface area (Å²) >= 11 is 1.35. The number of carbonyl (C=O) groups excluding carboxylic acids is 1. The molecule has 0 aliphatic heterocycles. The average molecular weight is 276 g/mol. The van der Waals surface area contributed by atoms with E-state index in [1.165, 1.54) is 17.8 Å². The van der Waals surface area contributed by atoms with Crippen molar-refractivity contribution in [3.05, 3.63) is 59.4 Å². The summed E-state index contributed by atoms with van der Waals surface area (Å²) in [6.07, 6.45) is 0. The van der Waals surface area contributed by atoms with Crippen LogP contribution in [0.25, 0.3) is 0 Å². The van der Waals surface area contributed by atoms with Crippen LogP contribution in [0, 0.1) is 5.82 Å². The summed E-state index contributed by atoms with van der Waals surface area (Å²) in [5.41, 5.74) is 12.5. The highest BCUT2D eigenvalue weighted by atomic mass is 32.2. The summed E-state index contributed by atoms with van der Waals surface area (Å²) in [6, 6.07) is 11.6. The summed E-state index contributed by atoms with van der Waals surface area (Å²) in [7, 11) is 0. The number of nitrogens with two attached hydrogens (primary N) is 2. The van der Waals surface area contributed by atoms with E-state index in [1.807, 2.05) is 6.07 Å². The fraction of sp³-hybridized carbons (Fsp3) is 0.0714. The van der Waals surface area contributed by atoms with Gasteiger partial charge in [-0.05, 0) is 35.9 Å². The lowest BCUT2D eigenvalue weighted by Gasteiger charge is -2.05. The predicted molar refractivity (Wildman–Crippen MR) is 75.3 cm³/mol. The van der Waals surface area contributed by atoms with Gasteiger partial charge in [-0.15, -0.1) is 11.8 Å². The van der Waals surface area contributed by atoms with Gasteiger partial charge in [0.1, 0.15) is 5.82 Å². The van der Waals surface area contributed by atoms with E-state index in [-0.39, 0.29) is 5.82 Å². The van der Waals surface area contributed by atoms with Crippen LogP contribution < -0.4 is 11.5 Å². The van der Waals surface area contributed by atoms with Crippen LogP contribution in [0.15, 0.2) is 47.4 Å². The van der Waals surface area contributed by atoms with Gasteiger partial charge < -0.3 is 11.5 Å². The van der Waals surface area contributed by atoms with Crippen molar-refractivity contribution in [2.24, 2.45) is 5.73 Å². The van der Waals surface area contributed by atoms with Crippen molar-refractivity contribution in [3.8, 4) is 0 Å². The predicted octanol–water partition coefficient (Wildman–Crippen LogP) is 2.80. The highest BCUT2D eigenvalue weighted by Crippen LogP contribution is 2.26. The number of carbonyl (C=O) groups is 1. The number of primary amides is 1. The smallest absolute Gasteiger partial charge is 0.248 e. The van der Waals surface area contributed by atoms with E-state index in [0.717, 1.165) is 5.56 Å². The number of anilines is 1. The van der Waals surface area contributed by atoms with Gasteiger partial charge in [0, 0.05) is 21.9 Å². The highest BCUT2D eigenvalue weighted by molar-refractivity contribution is 7.98. The fourth-order valence-electron chi connectivity index (χ4n) is 1.61. The molecule has 0 aliphatic carbocycles. The van der Waals surface area contributed by atoms with Crippen molar-refractivity contribution in [3.63, 3.8) is 0 Å². The standard InChI is InChI=1S/C14H13FN2OS/c15-12-7-11(16)4-5-13(12)19-8-9-2-1-3-10(6-9)14(17)18/h1-7H,8,16H2,(H2,17,18). The fourth-order valence-corrected chi connectivity index (χ4v) is 2.47. The molecule has 0 heterocycles. The number of rotatable bonds is 4. The molecule has 0 fully saturated rings. The molecule has 2 aromatic rings. The monoisotopic (exact) mass is 276 g/mol. The van der Waals surface area contributed by atoms with E-state index in [4.69, 9.17) is 11.5 Å². The van der Waals surface area contributed by atoms with E-state index in [9.17, 15) is 9.18 Å². The second-order valence-corrected chi connectivity index (χ2v) is 5.06. The van der Waals surface area contributed by atoms with Crippen LogP contribution in [0.4, 0.5) is 10.1 Å². The molecule has 98 valence electrons. The molecule has 19 heavy (non-hydrogen) atoms. The number of thioether (sulfide) groups is 1. The van der Waals surface area contributed by atoms with Crippen molar-refractivity contribution in [2.75, 3.05) is 5.73 Å². The van der Waals surface area contributed by atoms with E-state index >= 15 is 0 Å². The number of nitrogen functional groups attached to an aromatic ring is 1. The van der Waals surface area contributed by atoms with E-state index in [2.05, 4.69) is 0 Å². The van der Waals surface area contributed by atoms with E-state index < -0.39 is 5.91 Å². The molecule has 2 aromatic carbocycles. The minimum absolute atomic E-state index is 0.337. The highest BCUT2D eigenvalue weighted by Gasteiger charge is 2.05. The van der Waals surface area contributed by atoms with Crippen LogP contribution in [-0.4, -0.2) is 5.91 Å². The molecule has 0 saturated heterocycles. The number of hydrogen-bond acceptors (Lipinski definition) is 3. The van der Waals surface area contributed by atoms with Crippen molar-refractivity contribution in [2.45, 2.75) is 10.6 Å². The number of amides is 1. The first-order valence-corrected chi connectivity index (χ1v) is 6.61. The van der Waals surface area contributed by atoms with Gasteiger partial charge >= 0.3 is 0 Å². The van der Waals surface area contributed by atoms with E-state index in [0.29, 0.717) is 21.9 Å². The van der Waals surface area contributed by atoms with Gasteiger partial charge in [-0.3, -0.25) is 4.79 Å². The second kappa shape index (κ2) is 5.75. The first-order valence-electron chi connectivity index (χ1n) is 5.63. The maximum atomic E-state index is 13.6. The molecule has 0 bridgehead atoms. The van der Waals surface area contributed by atoms with Crippen LogP contribution >= 0.6 is 11.8 Å². The third-order valence-electron chi connectivity index (χ3n) is 2.56. The molecular formula is C14H13FN2OS. The van der Waals surface area contributed by atoms with Gasteiger partial charge in [0.05, 0.1) is 0 Å². The van der Waals surface area contributed by atoms with Crippen molar-refractivity contribution in [1.29, 1.82) is 0 Å². The van der Waals surface area contributed by atoms with Gasteiger partial charge in [-0.25, -0.2) is 4.39 Å². The normalized spacial score (nSPS) is 10.4. The lowest BCUT2D eigenvalue weighted by atomic mass is 10.1. The maximum Gasteiger partial charge on any atom is 0.248 e. The third-order valence-corrected chi connectivity index (χ3v) is 3.68. The van der Waals surface area contributed by atoms with Crippen molar-refractivity contribution >= 4 is 23.4 Å². The summed E-state index contributed by atoms with van der Waals surface area (Å²) in [5, 5.41) is 0. The Morgan fingerprint density at radius 2 is 2.00 bits per heavy atom. The van der Waals surface area contributed by atoms with Crippen LogP contribution in [0.3, 0.4) is 0 Å². The summed E-state index contributed by atoms with van der Waals surface area (Å²) < 4.78 is 13.6. The van der Waals surface area contributed by atoms with E-state index in [1.54, 1.807) is 30.3 Å². The van der Waals surface area contributed by atoms with Crippen molar-refractivity contribution < 1.29 is 9.18 Å². The molecule has 0 aliphatic rings. The van der Waals surface area contributed by atoms with Gasteiger partial charge in [0.25, 0.3) is 0 Å². The Bertz CT molecular complexity index is 616. The lowest BCUT2D eigenvalue weighted by Crippen LogP contribution is -2.10. The zero-order valence-electron chi connectivity index (χ0n) is 10.1. The molecule has 3 nitrogen and oxygen atoms in total. The number of halogens is 1. The van der Waals surface area contributed by atoms with Gasteiger partial charge in [-0.1, -0.05) is 12.1 Å². The SMILES string of the molecule is NC(=O)c1cccc(CSc2ccc(N)cc2F)c1. The Labute approximate surface area is 114 Å². The molecule has 0 unspecified atom stereocenters. The van der Waals surface area contributed by atoms with Crippen LogP contribution in [-0.2, 0) is 5.75 Å². The zero-order valence-corrected chi connectivity index (χ0v) is 10.9. The Kier molecular flexibility index (Phi) is 4.06. The minimum atomic E-state index is -0.467. The quantitative estimate of drug-likeness (QED) is 0.666. The van der Waals surface area contributed by atoms with Crippen LogP contribution in [0.2, 0.25) is 0 Å². The molecule has 0 saturated carbocycles. The van der Waals surface area contributed by atoms with Crippen molar-refractivity contribution in [1.82, 2.24) is 0 Å². The first-order chi connectivity index (χ1) is 9.06. The van der Waals surface area contributed by atoms with Gasteiger partial charge in [0.2, 0.25) is 5.91 Å². The second-order valence-electron chi connectivity index (χ2n) is 4.04. The molecule has 5 heteroatoms. The van der Waals surface area contributed by atoms with Gasteiger partial charge in [0.15, 0.2) is 0 Å². The molecule has 4 N–H and O–H groups in total. The Morgan fingerprint density at radius 3 is 2.68 bits per heavy atom. The zero-order chi connectivity index (χ0) is 13.8. The largest absolute Gasteiger partial charge is 0.399 e. The molecule has 1 amide bonds. The molecule has 0 aromatic heterocycles. The Hall–Kier alpha value is -2.01. The minimum Gasteiger partial charge on any atom is -0.399 e. The number of benzene rings is 2. The Morgan fingerprint density at radius 1 is 1.21 bits per heavy atom. The lowest BCUT2D eigenvalue weighted by molar-refractivity contribution is 0.1000. The summed E-state index contributed by atoms with van der Waals surface area (Å²) in [6.45, 7) is 0. The summed E-state index contributed by atoms with van der Waals surface area (Å²) in [4.78, 5) is 11.6. The first kappa shape index (κ1) is 13.4. The number of hydrogen-bond donors (Lipinski definition) is 2. The van der Waals surface area contributed by atoms with Crippen LogP contribution in [0.1, 0.15) is 15.9 Å². The van der Waals surface area contributed by atoms with Crippen LogP contribution in [0.5, 0.6) is 0 Å². The van der Waals surface area contributed by atoms with Gasteiger partial charge in [-0.2, -0.15) is 0 Å². The topological polar surface area (TPSA) is 69.1 Å². The molecule has 2 rings (SSSR count). The molecule has 0 spiro atoms. The summed E-state index contributed by atoms with van der Waals surface area (Å²) in [5.74, 6) is -0.247. The molecular weight excluding hydrogens is 263 g/mol. The molecule has 0 atom stereocenters. The Balaban J connectivity index is 2.10. The third kappa shape index (κ3) is 3.48. The molecule has 0 radical (unpaired) electrons.